The van der Waals surface area contributed by atoms with E-state index in [1.165, 1.54) is 16.9 Å². The van der Waals surface area contributed by atoms with Crippen molar-refractivity contribution < 1.29 is 19.1 Å². The van der Waals surface area contributed by atoms with Crippen molar-refractivity contribution in [1.29, 1.82) is 5.26 Å². The zero-order valence-electron chi connectivity index (χ0n) is 16.4. The van der Waals surface area contributed by atoms with Gasteiger partial charge in [0.25, 0.3) is 5.91 Å². The fraction of sp³-hybridized carbons (Fsp3) is 0.409. The average Bonchev–Trinajstić information content (AvgIpc) is 3.50. The second-order valence-corrected chi connectivity index (χ2v) is 8.75. The number of amides is 1. The third-order valence-corrected chi connectivity index (χ3v) is 6.78. The smallest absolute Gasteiger partial charge is 0.348 e. The maximum atomic E-state index is 12.5. The predicted molar refractivity (Wildman–Crippen MR) is 109 cm³/mol. The molecule has 1 amide bonds. The SMILES string of the molecule is COc1ccc2c(c1)CCc1cc(C(=O)OCC(=O)NC(C)(C#N)C3CC3)sc1-2. The molecule has 4 rings (SSSR count). The van der Waals surface area contributed by atoms with Gasteiger partial charge in [0.2, 0.25) is 0 Å². The number of ether oxygens (including phenoxy) is 2. The average molecular weight is 410 g/mol. The molecule has 0 aliphatic heterocycles. The Kier molecular flexibility index (Phi) is 5.05. The van der Waals surface area contributed by atoms with Crippen molar-refractivity contribution in [2.24, 2.45) is 5.92 Å². The summed E-state index contributed by atoms with van der Waals surface area (Å²) >= 11 is 1.38. The molecule has 29 heavy (non-hydrogen) atoms. The number of nitriles is 1. The first-order valence-electron chi connectivity index (χ1n) is 9.63. The molecule has 1 aromatic carbocycles. The van der Waals surface area contributed by atoms with Crippen molar-refractivity contribution in [2.45, 2.75) is 38.1 Å². The number of nitrogens with zero attached hydrogens (tertiary/aromatic N) is 1. The van der Waals surface area contributed by atoms with Gasteiger partial charge >= 0.3 is 5.97 Å². The third-order valence-electron chi connectivity index (χ3n) is 5.59. The Hall–Kier alpha value is -2.85. The van der Waals surface area contributed by atoms with E-state index in [9.17, 15) is 14.9 Å². The number of rotatable bonds is 6. The maximum Gasteiger partial charge on any atom is 0.348 e. The highest BCUT2D eigenvalue weighted by Crippen LogP contribution is 2.41. The van der Waals surface area contributed by atoms with Crippen LogP contribution in [0.4, 0.5) is 0 Å². The number of methoxy groups -OCH3 is 1. The van der Waals surface area contributed by atoms with E-state index in [4.69, 9.17) is 9.47 Å². The molecule has 7 heteroatoms. The number of hydrogen-bond donors (Lipinski definition) is 1. The quantitative estimate of drug-likeness (QED) is 0.737. The third kappa shape index (κ3) is 3.85. The largest absolute Gasteiger partial charge is 0.497 e. The number of hydrogen-bond acceptors (Lipinski definition) is 6. The zero-order valence-corrected chi connectivity index (χ0v) is 17.2. The number of benzene rings is 1. The van der Waals surface area contributed by atoms with Gasteiger partial charge in [-0.1, -0.05) is 0 Å². The van der Waals surface area contributed by atoms with E-state index in [0.717, 1.165) is 47.4 Å². The van der Waals surface area contributed by atoms with Crippen molar-refractivity contribution in [3.63, 3.8) is 0 Å². The minimum atomic E-state index is -0.893. The molecule has 1 aromatic heterocycles. The molecule has 1 fully saturated rings. The lowest BCUT2D eigenvalue weighted by atomic mass is 9.91. The van der Waals surface area contributed by atoms with E-state index in [1.807, 2.05) is 24.3 Å². The monoisotopic (exact) mass is 410 g/mol. The highest BCUT2D eigenvalue weighted by Gasteiger charge is 2.43. The molecule has 1 atom stereocenters. The molecule has 2 aromatic rings. The van der Waals surface area contributed by atoms with Crippen molar-refractivity contribution >= 4 is 23.2 Å². The lowest BCUT2D eigenvalue weighted by molar-refractivity contribution is -0.125. The maximum absolute atomic E-state index is 12.5. The Balaban J connectivity index is 1.42. The lowest BCUT2D eigenvalue weighted by Gasteiger charge is -2.22. The van der Waals surface area contributed by atoms with Crippen LogP contribution < -0.4 is 10.1 Å². The van der Waals surface area contributed by atoms with Gasteiger partial charge in [-0.05, 0) is 79.5 Å². The van der Waals surface area contributed by atoms with Crippen LogP contribution in [0.25, 0.3) is 10.4 Å². The predicted octanol–water partition coefficient (Wildman–Crippen LogP) is 3.49. The second kappa shape index (κ2) is 7.53. The minimum Gasteiger partial charge on any atom is -0.497 e. The van der Waals surface area contributed by atoms with Gasteiger partial charge in [-0.2, -0.15) is 5.26 Å². The number of thiophene rings is 1. The molecule has 0 bridgehead atoms. The van der Waals surface area contributed by atoms with Gasteiger partial charge in [-0.15, -0.1) is 11.3 Å². The van der Waals surface area contributed by atoms with Gasteiger partial charge in [0.1, 0.15) is 16.2 Å². The first-order valence-corrected chi connectivity index (χ1v) is 10.4. The lowest BCUT2D eigenvalue weighted by Crippen LogP contribution is -2.48. The van der Waals surface area contributed by atoms with E-state index >= 15 is 0 Å². The van der Waals surface area contributed by atoms with E-state index in [2.05, 4.69) is 11.4 Å². The molecule has 0 radical (unpaired) electrons. The first-order chi connectivity index (χ1) is 13.9. The Morgan fingerprint density at radius 2 is 2.03 bits per heavy atom. The number of fused-ring (bicyclic) bond motifs is 3. The Morgan fingerprint density at radius 3 is 2.72 bits per heavy atom. The Morgan fingerprint density at radius 1 is 1.28 bits per heavy atom. The van der Waals surface area contributed by atoms with Gasteiger partial charge in [0.05, 0.1) is 13.2 Å². The molecule has 150 valence electrons. The van der Waals surface area contributed by atoms with Crippen LogP contribution in [-0.2, 0) is 22.4 Å². The summed E-state index contributed by atoms with van der Waals surface area (Å²) in [5.74, 6) is 0.0348. The van der Waals surface area contributed by atoms with Crippen LogP contribution in [0.1, 0.15) is 40.6 Å². The van der Waals surface area contributed by atoms with Crippen molar-refractivity contribution in [3.8, 4) is 22.3 Å². The van der Waals surface area contributed by atoms with Crippen LogP contribution in [0.3, 0.4) is 0 Å². The number of nitrogens with one attached hydrogen (secondary N) is 1. The summed E-state index contributed by atoms with van der Waals surface area (Å²) in [6.45, 7) is 1.32. The first kappa shape index (κ1) is 19.5. The highest BCUT2D eigenvalue weighted by molar-refractivity contribution is 7.17. The Labute approximate surface area is 173 Å². The molecule has 6 nitrogen and oxygen atoms in total. The molecule has 0 spiro atoms. The summed E-state index contributed by atoms with van der Waals surface area (Å²) in [6.07, 6.45) is 3.60. The summed E-state index contributed by atoms with van der Waals surface area (Å²) in [4.78, 5) is 26.2. The molecule has 1 N–H and O–H groups in total. The van der Waals surface area contributed by atoms with Gasteiger partial charge in [-0.3, -0.25) is 4.79 Å². The van der Waals surface area contributed by atoms with Crippen molar-refractivity contribution in [1.82, 2.24) is 5.32 Å². The van der Waals surface area contributed by atoms with Crippen LogP contribution in [-0.4, -0.2) is 31.1 Å². The van der Waals surface area contributed by atoms with Crippen LogP contribution in [0, 0.1) is 17.2 Å². The second-order valence-electron chi connectivity index (χ2n) is 7.70. The molecule has 2 aliphatic rings. The molecular formula is C22H22N2O4S. The van der Waals surface area contributed by atoms with Crippen molar-refractivity contribution in [2.75, 3.05) is 13.7 Å². The van der Waals surface area contributed by atoms with Crippen LogP contribution >= 0.6 is 11.3 Å². The van der Waals surface area contributed by atoms with E-state index in [0.29, 0.717) is 4.88 Å². The summed E-state index contributed by atoms with van der Waals surface area (Å²) in [5.41, 5.74) is 2.54. The van der Waals surface area contributed by atoms with Crippen LogP contribution in [0.15, 0.2) is 24.3 Å². The van der Waals surface area contributed by atoms with Crippen LogP contribution in [0.5, 0.6) is 5.75 Å². The van der Waals surface area contributed by atoms with E-state index < -0.39 is 17.4 Å². The number of carbonyl (C=O) groups excluding carboxylic acids is 2. The zero-order chi connectivity index (χ0) is 20.6. The molecule has 1 unspecified atom stereocenters. The fourth-order valence-corrected chi connectivity index (χ4v) is 4.91. The van der Waals surface area contributed by atoms with Gasteiger partial charge < -0.3 is 14.8 Å². The number of aryl methyl sites for hydroxylation is 2. The fourth-order valence-electron chi connectivity index (χ4n) is 3.75. The standard InChI is InChI=1S/C22H22N2O4S/c1-22(12-23,15-5-6-15)24-19(25)11-28-21(26)18-10-14-4-3-13-9-16(27-2)7-8-17(13)20(14)29-18/h7-10,15H,3-6,11H2,1-2H3,(H,24,25). The summed E-state index contributed by atoms with van der Waals surface area (Å²) in [7, 11) is 1.65. The molecule has 1 heterocycles. The highest BCUT2D eigenvalue weighted by atomic mass is 32.1. The normalized spacial score (nSPS) is 16.6. The summed E-state index contributed by atoms with van der Waals surface area (Å²) in [5, 5.41) is 12.0. The summed E-state index contributed by atoms with van der Waals surface area (Å²) in [6, 6.07) is 9.99. The number of esters is 1. The topological polar surface area (TPSA) is 88.4 Å². The van der Waals surface area contributed by atoms with E-state index in [-0.39, 0.29) is 12.5 Å². The Bertz CT molecular complexity index is 1020. The summed E-state index contributed by atoms with van der Waals surface area (Å²) < 4.78 is 10.5. The van der Waals surface area contributed by atoms with E-state index in [1.54, 1.807) is 14.0 Å². The van der Waals surface area contributed by atoms with Gasteiger partial charge in [-0.25, -0.2) is 4.79 Å². The molecule has 2 aliphatic carbocycles. The minimum absolute atomic E-state index is 0.176. The van der Waals surface area contributed by atoms with Gasteiger partial charge in [0, 0.05) is 4.88 Å². The molecule has 1 saturated carbocycles. The van der Waals surface area contributed by atoms with Gasteiger partial charge in [0.15, 0.2) is 6.61 Å². The molecular weight excluding hydrogens is 388 g/mol. The van der Waals surface area contributed by atoms with Crippen molar-refractivity contribution in [3.05, 3.63) is 40.3 Å². The van der Waals surface area contributed by atoms with Crippen LogP contribution in [0.2, 0.25) is 0 Å². The molecule has 0 saturated heterocycles. The number of carbonyl (C=O) groups is 2.